The van der Waals surface area contributed by atoms with E-state index in [1.165, 1.54) is 31.5 Å². The molecule has 0 amide bonds. The van der Waals surface area contributed by atoms with E-state index in [0.717, 1.165) is 0 Å². The summed E-state index contributed by atoms with van der Waals surface area (Å²) in [6.07, 6.45) is 4.12. The molecule has 1 aliphatic rings. The summed E-state index contributed by atoms with van der Waals surface area (Å²) in [6.45, 7) is 1.42. The first kappa shape index (κ1) is 17.2. The van der Waals surface area contributed by atoms with Gasteiger partial charge < -0.3 is 15.9 Å². The van der Waals surface area contributed by atoms with Crippen LogP contribution in [0.5, 0.6) is 0 Å². The summed E-state index contributed by atoms with van der Waals surface area (Å²) in [6, 6.07) is 3.14. The third-order valence-electron chi connectivity index (χ3n) is 4.64. The van der Waals surface area contributed by atoms with Crippen molar-refractivity contribution in [1.82, 2.24) is 15.0 Å². The number of hydrogen-bond donors (Lipinski definition) is 3. The van der Waals surface area contributed by atoms with Crippen LogP contribution in [-0.4, -0.2) is 42.6 Å². The number of fused-ring (bicyclic) bond motifs is 1. The predicted octanol–water partition coefficient (Wildman–Crippen LogP) is 1.59. The zero-order chi connectivity index (χ0) is 18.4. The average Bonchev–Trinajstić information content (AvgIpc) is 2.54. The van der Waals surface area contributed by atoms with Gasteiger partial charge in [-0.05, 0) is 25.5 Å². The molecule has 2 heterocycles. The van der Waals surface area contributed by atoms with Crippen LogP contribution >= 0.6 is 11.6 Å². The third kappa shape index (κ3) is 2.54. The number of halogens is 1. The first-order valence-corrected chi connectivity index (χ1v) is 7.78. The van der Waals surface area contributed by atoms with Crippen LogP contribution in [0, 0.1) is 5.41 Å². The molecule has 0 spiro atoms. The van der Waals surface area contributed by atoms with E-state index < -0.39 is 28.8 Å². The van der Waals surface area contributed by atoms with Crippen LogP contribution in [0.2, 0.25) is 5.15 Å². The van der Waals surface area contributed by atoms with Crippen LogP contribution < -0.4 is 5.73 Å². The van der Waals surface area contributed by atoms with Crippen molar-refractivity contribution in [1.29, 1.82) is 0 Å². The molecule has 3 rings (SSSR count). The fourth-order valence-corrected chi connectivity index (χ4v) is 3.48. The minimum atomic E-state index is -1.87. The number of aromatic nitrogens is 3. The second-order valence-corrected chi connectivity index (χ2v) is 6.62. The van der Waals surface area contributed by atoms with E-state index in [1.807, 2.05) is 0 Å². The molecule has 3 atom stereocenters. The van der Waals surface area contributed by atoms with Gasteiger partial charge in [-0.25, -0.2) is 15.0 Å². The normalized spacial score (nSPS) is 28.8. The maximum Gasteiger partial charge on any atom is 0.324 e. The fraction of sp³-hybridized carbons (Fsp3) is 0.312. The van der Waals surface area contributed by atoms with E-state index in [1.54, 1.807) is 6.07 Å². The van der Waals surface area contributed by atoms with Gasteiger partial charge in [0.1, 0.15) is 22.5 Å². The summed E-state index contributed by atoms with van der Waals surface area (Å²) >= 11 is 5.95. The predicted molar refractivity (Wildman–Crippen MR) is 89.1 cm³/mol. The van der Waals surface area contributed by atoms with Gasteiger partial charge in [-0.2, -0.15) is 0 Å². The van der Waals surface area contributed by atoms with Crippen LogP contribution in [0.15, 0.2) is 30.6 Å². The van der Waals surface area contributed by atoms with Gasteiger partial charge in [0, 0.05) is 0 Å². The molecule has 1 aliphatic carbocycles. The quantitative estimate of drug-likeness (QED) is 0.552. The fourth-order valence-electron chi connectivity index (χ4n) is 3.33. The number of nitrogens with two attached hydrogens (primary N) is 1. The Labute approximate surface area is 147 Å². The first-order chi connectivity index (χ1) is 11.7. The van der Waals surface area contributed by atoms with Crippen molar-refractivity contribution in [3.8, 4) is 0 Å². The molecule has 25 heavy (non-hydrogen) atoms. The van der Waals surface area contributed by atoms with Crippen molar-refractivity contribution in [2.75, 3.05) is 0 Å². The Morgan fingerprint density at radius 2 is 2.00 bits per heavy atom. The van der Waals surface area contributed by atoms with Gasteiger partial charge in [0.15, 0.2) is 0 Å². The van der Waals surface area contributed by atoms with E-state index in [2.05, 4.69) is 15.0 Å². The second kappa shape index (κ2) is 5.75. The molecule has 130 valence electrons. The SMILES string of the molecule is CC1(C(=O)O)C=CCC(N)(C(=O)O)C1c1ncnc2ccc(Cl)nc12. The molecule has 3 unspecified atom stereocenters. The van der Waals surface area contributed by atoms with Crippen molar-refractivity contribution >= 4 is 34.6 Å². The smallest absolute Gasteiger partial charge is 0.324 e. The number of carbonyl (C=O) groups is 2. The van der Waals surface area contributed by atoms with Crippen LogP contribution in [0.25, 0.3) is 11.0 Å². The molecule has 0 radical (unpaired) electrons. The van der Waals surface area contributed by atoms with Gasteiger partial charge >= 0.3 is 11.9 Å². The summed E-state index contributed by atoms with van der Waals surface area (Å²) in [5, 5.41) is 19.7. The van der Waals surface area contributed by atoms with E-state index >= 15 is 0 Å². The lowest BCUT2D eigenvalue weighted by Gasteiger charge is -2.43. The van der Waals surface area contributed by atoms with Crippen LogP contribution in [0.4, 0.5) is 0 Å². The summed E-state index contributed by atoms with van der Waals surface area (Å²) in [5.74, 6) is -3.70. The Bertz CT molecular complexity index is 918. The van der Waals surface area contributed by atoms with Gasteiger partial charge in [0.2, 0.25) is 0 Å². The number of carboxylic acid groups (broad SMARTS) is 2. The maximum absolute atomic E-state index is 12.0. The third-order valence-corrected chi connectivity index (χ3v) is 4.85. The number of carboxylic acids is 2. The van der Waals surface area contributed by atoms with E-state index in [4.69, 9.17) is 17.3 Å². The molecule has 0 saturated carbocycles. The summed E-state index contributed by atoms with van der Waals surface area (Å²) in [5.41, 5.74) is 3.53. The highest BCUT2D eigenvalue weighted by molar-refractivity contribution is 6.29. The highest BCUT2D eigenvalue weighted by atomic mass is 35.5. The molecule has 8 nitrogen and oxygen atoms in total. The Hall–Kier alpha value is -2.58. The molecule has 0 saturated heterocycles. The van der Waals surface area contributed by atoms with Gasteiger partial charge in [0.25, 0.3) is 0 Å². The van der Waals surface area contributed by atoms with Crippen molar-refractivity contribution in [3.63, 3.8) is 0 Å². The lowest BCUT2D eigenvalue weighted by Crippen LogP contribution is -2.60. The Morgan fingerprint density at radius 1 is 1.28 bits per heavy atom. The van der Waals surface area contributed by atoms with E-state index in [-0.39, 0.29) is 22.8 Å². The second-order valence-electron chi connectivity index (χ2n) is 6.23. The van der Waals surface area contributed by atoms with Crippen LogP contribution in [0.1, 0.15) is 25.0 Å². The van der Waals surface area contributed by atoms with Crippen molar-refractivity contribution in [3.05, 3.63) is 41.5 Å². The van der Waals surface area contributed by atoms with Crippen molar-refractivity contribution in [2.45, 2.75) is 24.8 Å². The molecular formula is C16H15ClN4O4. The number of rotatable bonds is 3. The van der Waals surface area contributed by atoms with Gasteiger partial charge in [-0.1, -0.05) is 23.8 Å². The van der Waals surface area contributed by atoms with E-state index in [0.29, 0.717) is 5.52 Å². The molecule has 0 fully saturated rings. The molecule has 2 aromatic rings. The van der Waals surface area contributed by atoms with Crippen molar-refractivity contribution in [2.24, 2.45) is 11.1 Å². The Balaban J connectivity index is 2.37. The standard InChI is InChI=1S/C16H15ClN4O4/c1-15(13(22)23)5-2-6-16(18,14(24)25)12(15)11-10-8(19-7-20-11)3-4-9(17)21-10/h2-5,7,12H,6,18H2,1H3,(H,22,23)(H,24,25). The van der Waals surface area contributed by atoms with Crippen molar-refractivity contribution < 1.29 is 19.8 Å². The topological polar surface area (TPSA) is 139 Å². The highest BCUT2D eigenvalue weighted by Gasteiger charge is 2.57. The zero-order valence-corrected chi connectivity index (χ0v) is 13.9. The Morgan fingerprint density at radius 3 is 2.64 bits per heavy atom. The largest absolute Gasteiger partial charge is 0.481 e. The molecular weight excluding hydrogens is 348 g/mol. The molecule has 4 N–H and O–H groups in total. The number of nitrogens with zero attached hydrogens (tertiary/aromatic N) is 3. The van der Waals surface area contributed by atoms with Crippen LogP contribution in [-0.2, 0) is 9.59 Å². The summed E-state index contributed by atoms with van der Waals surface area (Å²) in [7, 11) is 0. The monoisotopic (exact) mass is 362 g/mol. The lowest BCUT2D eigenvalue weighted by atomic mass is 9.61. The summed E-state index contributed by atoms with van der Waals surface area (Å²) in [4.78, 5) is 36.3. The Kier molecular flexibility index (Phi) is 3.97. The van der Waals surface area contributed by atoms with Gasteiger partial charge in [0.05, 0.1) is 22.5 Å². The number of pyridine rings is 1. The van der Waals surface area contributed by atoms with E-state index in [9.17, 15) is 19.8 Å². The highest BCUT2D eigenvalue weighted by Crippen LogP contribution is 2.49. The molecule has 2 aromatic heterocycles. The minimum absolute atomic E-state index is 0.0398. The average molecular weight is 363 g/mol. The first-order valence-electron chi connectivity index (χ1n) is 7.40. The number of hydrogen-bond acceptors (Lipinski definition) is 6. The molecule has 0 bridgehead atoms. The van der Waals surface area contributed by atoms with Gasteiger partial charge in [-0.15, -0.1) is 0 Å². The number of aliphatic carboxylic acids is 2. The van der Waals surface area contributed by atoms with Gasteiger partial charge in [-0.3, -0.25) is 9.59 Å². The molecule has 9 heteroatoms. The maximum atomic E-state index is 12.0. The van der Waals surface area contributed by atoms with Crippen LogP contribution in [0.3, 0.4) is 0 Å². The lowest BCUT2D eigenvalue weighted by molar-refractivity contribution is -0.152. The minimum Gasteiger partial charge on any atom is -0.481 e. The molecule has 0 aliphatic heterocycles. The molecule has 0 aromatic carbocycles. The summed E-state index contributed by atoms with van der Waals surface area (Å²) < 4.78 is 0. The zero-order valence-electron chi connectivity index (χ0n) is 13.2.